The van der Waals surface area contributed by atoms with E-state index in [2.05, 4.69) is 64.3 Å². The van der Waals surface area contributed by atoms with Crippen molar-refractivity contribution in [1.82, 2.24) is 10.3 Å². The second kappa shape index (κ2) is 7.81. The van der Waals surface area contributed by atoms with Gasteiger partial charge in [-0.15, -0.1) is 0 Å². The predicted octanol–water partition coefficient (Wildman–Crippen LogP) is 5.06. The zero-order valence-corrected chi connectivity index (χ0v) is 14.2. The summed E-state index contributed by atoms with van der Waals surface area (Å²) in [5.41, 5.74) is 1.28. The summed E-state index contributed by atoms with van der Waals surface area (Å²) in [4.78, 5) is 5.64. The molecule has 0 spiro atoms. The molecule has 1 heterocycles. The standard InChI is InChI=1S/C16H19BrN2S/c1-3-9-18-12(2)13-8-10-19-16(11-13)20-15-7-5-4-6-14(15)17/h4-8,10-12,18H,3,9H2,1-2H3. The number of nitrogens with zero attached hydrogens (tertiary/aromatic N) is 1. The van der Waals surface area contributed by atoms with Crippen LogP contribution in [0.4, 0.5) is 0 Å². The van der Waals surface area contributed by atoms with Crippen LogP contribution in [-0.4, -0.2) is 11.5 Å². The van der Waals surface area contributed by atoms with Crippen LogP contribution < -0.4 is 5.32 Å². The van der Waals surface area contributed by atoms with Crippen LogP contribution in [0.3, 0.4) is 0 Å². The van der Waals surface area contributed by atoms with Crippen molar-refractivity contribution in [3.63, 3.8) is 0 Å². The van der Waals surface area contributed by atoms with Gasteiger partial charge in [-0.2, -0.15) is 0 Å². The van der Waals surface area contributed by atoms with Crippen molar-refractivity contribution in [2.45, 2.75) is 36.2 Å². The van der Waals surface area contributed by atoms with Crippen molar-refractivity contribution in [2.24, 2.45) is 0 Å². The Labute approximate surface area is 133 Å². The fourth-order valence-electron chi connectivity index (χ4n) is 1.87. The lowest BCUT2D eigenvalue weighted by atomic mass is 10.1. The van der Waals surface area contributed by atoms with Crippen molar-refractivity contribution in [1.29, 1.82) is 0 Å². The molecule has 0 radical (unpaired) electrons. The number of rotatable bonds is 6. The maximum Gasteiger partial charge on any atom is 0.101 e. The number of hydrogen-bond acceptors (Lipinski definition) is 3. The minimum absolute atomic E-state index is 0.358. The molecule has 0 fully saturated rings. The van der Waals surface area contributed by atoms with Crippen LogP contribution >= 0.6 is 27.7 Å². The maximum absolute atomic E-state index is 4.45. The van der Waals surface area contributed by atoms with E-state index in [4.69, 9.17) is 0 Å². The molecule has 1 aromatic carbocycles. The first-order valence-electron chi connectivity index (χ1n) is 6.82. The summed E-state index contributed by atoms with van der Waals surface area (Å²) in [7, 11) is 0. The fraction of sp³-hybridized carbons (Fsp3) is 0.312. The molecule has 1 aromatic heterocycles. The summed E-state index contributed by atoms with van der Waals surface area (Å²) in [6.45, 7) is 5.41. The Balaban J connectivity index is 2.12. The molecule has 0 aliphatic heterocycles. The molecule has 0 aliphatic rings. The average Bonchev–Trinajstić information content (AvgIpc) is 2.47. The Bertz CT molecular complexity index is 560. The van der Waals surface area contributed by atoms with Crippen molar-refractivity contribution in [3.8, 4) is 0 Å². The quantitative estimate of drug-likeness (QED) is 0.788. The number of nitrogens with one attached hydrogen (secondary N) is 1. The number of benzene rings is 1. The zero-order valence-electron chi connectivity index (χ0n) is 11.8. The lowest BCUT2D eigenvalue weighted by Gasteiger charge is -2.14. The van der Waals surface area contributed by atoms with E-state index in [9.17, 15) is 0 Å². The summed E-state index contributed by atoms with van der Waals surface area (Å²) < 4.78 is 1.11. The van der Waals surface area contributed by atoms with Crippen molar-refractivity contribution in [3.05, 3.63) is 52.6 Å². The van der Waals surface area contributed by atoms with Crippen LogP contribution in [0.2, 0.25) is 0 Å². The molecular formula is C16H19BrN2S. The second-order valence-electron chi connectivity index (χ2n) is 4.64. The highest BCUT2D eigenvalue weighted by molar-refractivity contribution is 9.10. The van der Waals surface area contributed by atoms with Gasteiger partial charge in [-0.25, -0.2) is 4.98 Å². The SMILES string of the molecule is CCCNC(C)c1ccnc(Sc2ccccc2Br)c1. The van der Waals surface area contributed by atoms with Gasteiger partial charge in [-0.05, 0) is 65.6 Å². The van der Waals surface area contributed by atoms with Crippen molar-refractivity contribution < 1.29 is 0 Å². The Morgan fingerprint density at radius 2 is 2.10 bits per heavy atom. The monoisotopic (exact) mass is 350 g/mol. The molecule has 0 aliphatic carbocycles. The van der Waals surface area contributed by atoms with E-state index < -0.39 is 0 Å². The maximum atomic E-state index is 4.45. The van der Waals surface area contributed by atoms with Gasteiger partial charge < -0.3 is 5.32 Å². The number of halogens is 1. The van der Waals surface area contributed by atoms with Crippen molar-refractivity contribution in [2.75, 3.05) is 6.54 Å². The molecule has 2 nitrogen and oxygen atoms in total. The van der Waals surface area contributed by atoms with Crippen LogP contribution in [0.15, 0.2) is 57.0 Å². The van der Waals surface area contributed by atoms with E-state index in [0.717, 1.165) is 22.5 Å². The molecule has 4 heteroatoms. The van der Waals surface area contributed by atoms with E-state index in [-0.39, 0.29) is 0 Å². The lowest BCUT2D eigenvalue weighted by Crippen LogP contribution is -2.19. The molecular weight excluding hydrogens is 332 g/mol. The molecule has 0 amide bonds. The highest BCUT2D eigenvalue weighted by Gasteiger charge is 2.07. The van der Waals surface area contributed by atoms with Gasteiger partial charge in [-0.1, -0.05) is 30.8 Å². The number of aromatic nitrogens is 1. The van der Waals surface area contributed by atoms with Gasteiger partial charge in [0.1, 0.15) is 5.03 Å². The third-order valence-corrected chi connectivity index (χ3v) is 4.97. The van der Waals surface area contributed by atoms with Crippen LogP contribution in [0, 0.1) is 0 Å². The zero-order chi connectivity index (χ0) is 14.4. The lowest BCUT2D eigenvalue weighted by molar-refractivity contribution is 0.569. The largest absolute Gasteiger partial charge is 0.310 e. The summed E-state index contributed by atoms with van der Waals surface area (Å²) in [5, 5.41) is 4.53. The predicted molar refractivity (Wildman–Crippen MR) is 89.2 cm³/mol. The molecule has 1 N–H and O–H groups in total. The average molecular weight is 351 g/mol. The van der Waals surface area contributed by atoms with Crippen LogP contribution in [0.5, 0.6) is 0 Å². The first kappa shape index (κ1) is 15.5. The molecule has 1 unspecified atom stereocenters. The van der Waals surface area contributed by atoms with E-state index in [1.165, 1.54) is 10.5 Å². The molecule has 0 saturated carbocycles. The Kier molecular flexibility index (Phi) is 6.07. The molecule has 0 bridgehead atoms. The molecule has 0 saturated heterocycles. The van der Waals surface area contributed by atoms with Crippen LogP contribution in [0.1, 0.15) is 31.9 Å². The highest BCUT2D eigenvalue weighted by atomic mass is 79.9. The third kappa shape index (κ3) is 4.33. The van der Waals surface area contributed by atoms with Gasteiger partial charge in [0, 0.05) is 21.6 Å². The highest BCUT2D eigenvalue weighted by Crippen LogP contribution is 2.32. The number of pyridine rings is 1. The minimum Gasteiger partial charge on any atom is -0.310 e. The van der Waals surface area contributed by atoms with Gasteiger partial charge >= 0.3 is 0 Å². The fourth-order valence-corrected chi connectivity index (χ4v) is 3.24. The van der Waals surface area contributed by atoms with Gasteiger partial charge in [0.05, 0.1) is 0 Å². The van der Waals surface area contributed by atoms with E-state index in [1.54, 1.807) is 11.8 Å². The van der Waals surface area contributed by atoms with Crippen LogP contribution in [0.25, 0.3) is 0 Å². The third-order valence-electron chi connectivity index (χ3n) is 3.01. The normalized spacial score (nSPS) is 12.3. The molecule has 2 aromatic rings. The molecule has 106 valence electrons. The summed E-state index contributed by atoms with van der Waals surface area (Å²) >= 11 is 5.26. The van der Waals surface area contributed by atoms with E-state index in [0.29, 0.717) is 6.04 Å². The Morgan fingerprint density at radius 1 is 1.30 bits per heavy atom. The second-order valence-corrected chi connectivity index (χ2v) is 6.55. The summed E-state index contributed by atoms with van der Waals surface area (Å²) in [6.07, 6.45) is 3.03. The molecule has 2 rings (SSSR count). The van der Waals surface area contributed by atoms with Gasteiger partial charge in [0.25, 0.3) is 0 Å². The summed E-state index contributed by atoms with van der Waals surface area (Å²) in [6, 6.07) is 12.8. The number of hydrogen-bond donors (Lipinski definition) is 1. The Morgan fingerprint density at radius 3 is 2.85 bits per heavy atom. The van der Waals surface area contributed by atoms with Crippen molar-refractivity contribution >= 4 is 27.7 Å². The molecule has 20 heavy (non-hydrogen) atoms. The van der Waals surface area contributed by atoms with E-state index >= 15 is 0 Å². The first-order valence-corrected chi connectivity index (χ1v) is 8.43. The molecule has 1 atom stereocenters. The van der Waals surface area contributed by atoms with E-state index in [1.807, 2.05) is 18.3 Å². The van der Waals surface area contributed by atoms with Gasteiger partial charge in [0.15, 0.2) is 0 Å². The summed E-state index contributed by atoms with van der Waals surface area (Å²) in [5.74, 6) is 0. The smallest absolute Gasteiger partial charge is 0.101 e. The first-order chi connectivity index (χ1) is 9.70. The van der Waals surface area contributed by atoms with Gasteiger partial charge in [-0.3, -0.25) is 0 Å². The van der Waals surface area contributed by atoms with Crippen LogP contribution in [-0.2, 0) is 0 Å². The van der Waals surface area contributed by atoms with Gasteiger partial charge in [0.2, 0.25) is 0 Å². The Hall–Kier alpha value is -0.840. The topological polar surface area (TPSA) is 24.9 Å². The minimum atomic E-state index is 0.358.